The molecule has 0 saturated carbocycles. The fraction of sp³-hybridized carbons (Fsp3) is 0.382. The van der Waals surface area contributed by atoms with E-state index in [0.717, 1.165) is 24.1 Å². The Morgan fingerprint density at radius 3 is 2.61 bits per heavy atom. The van der Waals surface area contributed by atoms with Crippen LogP contribution in [-0.2, 0) is 9.59 Å². The van der Waals surface area contributed by atoms with Crippen LogP contribution in [0.1, 0.15) is 63.3 Å². The highest BCUT2D eigenvalue weighted by Gasteiger charge is 2.35. The molecule has 3 heterocycles. The highest BCUT2D eigenvalue weighted by Crippen LogP contribution is 2.39. The van der Waals surface area contributed by atoms with Crippen molar-refractivity contribution in [1.29, 1.82) is 0 Å². The van der Waals surface area contributed by atoms with Crippen molar-refractivity contribution in [2.24, 2.45) is 4.99 Å². The number of likely N-dealkylation sites (N-methyl/N-ethyl adjacent to an activating group) is 1. The van der Waals surface area contributed by atoms with E-state index >= 15 is 4.39 Å². The zero-order valence-corrected chi connectivity index (χ0v) is 27.0. The van der Waals surface area contributed by atoms with Crippen LogP contribution in [0.15, 0.2) is 60.2 Å². The van der Waals surface area contributed by atoms with E-state index < -0.39 is 5.82 Å². The Morgan fingerprint density at radius 2 is 2.00 bits per heavy atom. The minimum Gasteiger partial charge on any atom is -0.352 e. The van der Waals surface area contributed by atoms with Gasteiger partial charge in [-0.05, 0) is 75.4 Å². The van der Waals surface area contributed by atoms with Crippen molar-refractivity contribution >= 4 is 41.3 Å². The number of anilines is 2. The molecule has 0 aliphatic carbocycles. The molecule has 8 nitrogen and oxygen atoms in total. The number of aryl methyl sites for hydroxylation is 1. The molecule has 1 aliphatic rings. The molecule has 232 valence electrons. The van der Waals surface area contributed by atoms with Gasteiger partial charge in [0, 0.05) is 44.0 Å². The second kappa shape index (κ2) is 14.1. The highest BCUT2D eigenvalue weighted by molar-refractivity contribution is 6.33. The lowest BCUT2D eigenvalue weighted by Crippen LogP contribution is -2.54. The second-order valence-corrected chi connectivity index (χ2v) is 11.7. The second-order valence-electron chi connectivity index (χ2n) is 11.3. The number of carbonyl (C=O) groups is 2. The molecular formula is C34H40ClFN6O2. The number of piperidine rings is 1. The summed E-state index contributed by atoms with van der Waals surface area (Å²) in [5.74, 6) is 0.209. The summed E-state index contributed by atoms with van der Waals surface area (Å²) in [6.07, 6.45) is 5.40. The SMILES string of the molecule is C=CC(=O)N(CC)C1CCC(C)N(C(=NC)c2cc(Cl)c(-c3ccccc3F)nc2N(C=O)c2c(C)ccnc2C(C)C)C1. The topological polar surface area (TPSA) is 82.0 Å². The number of amides is 2. The van der Waals surface area contributed by atoms with Crippen LogP contribution < -0.4 is 4.90 Å². The van der Waals surface area contributed by atoms with Gasteiger partial charge in [0.05, 0.1) is 27.7 Å². The lowest BCUT2D eigenvalue weighted by molar-refractivity contribution is -0.129. The van der Waals surface area contributed by atoms with Gasteiger partial charge in [0.15, 0.2) is 5.82 Å². The number of hydrogen-bond donors (Lipinski definition) is 0. The Hall–Kier alpha value is -4.11. The van der Waals surface area contributed by atoms with Crippen LogP contribution in [0.5, 0.6) is 0 Å². The zero-order chi connectivity index (χ0) is 32.1. The Kier molecular flexibility index (Phi) is 10.5. The van der Waals surface area contributed by atoms with Gasteiger partial charge in [0.25, 0.3) is 0 Å². The van der Waals surface area contributed by atoms with Gasteiger partial charge in [-0.1, -0.05) is 44.2 Å². The third-order valence-electron chi connectivity index (χ3n) is 8.18. The van der Waals surface area contributed by atoms with Crippen molar-refractivity contribution in [2.45, 2.75) is 65.5 Å². The molecular weight excluding hydrogens is 579 g/mol. The number of carbonyl (C=O) groups excluding carboxylic acids is 2. The predicted octanol–water partition coefficient (Wildman–Crippen LogP) is 6.93. The third kappa shape index (κ3) is 6.38. The molecule has 1 aliphatic heterocycles. The van der Waals surface area contributed by atoms with E-state index in [0.29, 0.717) is 36.6 Å². The summed E-state index contributed by atoms with van der Waals surface area (Å²) in [5, 5.41) is 0.214. The number of aliphatic imine (C=N–C) groups is 1. The van der Waals surface area contributed by atoms with Crippen molar-refractivity contribution in [3.8, 4) is 11.3 Å². The van der Waals surface area contributed by atoms with E-state index in [9.17, 15) is 9.59 Å². The zero-order valence-electron chi connectivity index (χ0n) is 26.2. The summed E-state index contributed by atoms with van der Waals surface area (Å²) >= 11 is 6.87. The smallest absolute Gasteiger partial charge is 0.246 e. The van der Waals surface area contributed by atoms with Crippen molar-refractivity contribution in [1.82, 2.24) is 19.8 Å². The summed E-state index contributed by atoms with van der Waals surface area (Å²) in [5.41, 5.74) is 3.07. The summed E-state index contributed by atoms with van der Waals surface area (Å²) in [7, 11) is 1.68. The summed E-state index contributed by atoms with van der Waals surface area (Å²) < 4.78 is 15.1. The molecule has 4 rings (SSSR count). The fourth-order valence-electron chi connectivity index (χ4n) is 5.94. The Labute approximate surface area is 264 Å². The number of benzene rings is 1. The van der Waals surface area contributed by atoms with E-state index in [-0.39, 0.29) is 46.0 Å². The molecule has 10 heteroatoms. The van der Waals surface area contributed by atoms with Gasteiger partial charge in [0.1, 0.15) is 11.7 Å². The van der Waals surface area contributed by atoms with Gasteiger partial charge in [-0.25, -0.2) is 9.37 Å². The first kappa shape index (κ1) is 32.8. The number of nitrogens with zero attached hydrogens (tertiary/aromatic N) is 6. The van der Waals surface area contributed by atoms with Gasteiger partial charge in [-0.15, -0.1) is 0 Å². The van der Waals surface area contributed by atoms with Crippen LogP contribution in [0.4, 0.5) is 15.9 Å². The first-order valence-corrected chi connectivity index (χ1v) is 15.3. The average molecular weight is 619 g/mol. The molecule has 2 amide bonds. The van der Waals surface area contributed by atoms with Crippen LogP contribution >= 0.6 is 11.6 Å². The molecule has 0 bridgehead atoms. The van der Waals surface area contributed by atoms with E-state index in [4.69, 9.17) is 21.6 Å². The van der Waals surface area contributed by atoms with E-state index in [1.54, 1.807) is 37.5 Å². The summed E-state index contributed by atoms with van der Waals surface area (Å²) in [6, 6.07) is 9.80. The van der Waals surface area contributed by atoms with Crippen LogP contribution in [0.2, 0.25) is 5.02 Å². The van der Waals surface area contributed by atoms with Crippen molar-refractivity contribution in [3.63, 3.8) is 0 Å². The number of rotatable bonds is 9. The van der Waals surface area contributed by atoms with Crippen molar-refractivity contribution < 1.29 is 14.0 Å². The molecule has 2 aromatic heterocycles. The molecule has 1 aromatic carbocycles. The number of halogens is 2. The molecule has 2 atom stereocenters. The van der Waals surface area contributed by atoms with Crippen LogP contribution in [0, 0.1) is 12.7 Å². The van der Waals surface area contributed by atoms with E-state index in [1.165, 1.54) is 17.0 Å². The van der Waals surface area contributed by atoms with E-state index in [2.05, 4.69) is 23.4 Å². The minimum absolute atomic E-state index is 0.00116. The number of likely N-dealkylation sites (tertiary alicyclic amines) is 1. The lowest BCUT2D eigenvalue weighted by Gasteiger charge is -2.44. The van der Waals surface area contributed by atoms with Crippen LogP contribution in [0.25, 0.3) is 11.3 Å². The number of aromatic nitrogens is 2. The van der Waals surface area contributed by atoms with Gasteiger partial charge in [0.2, 0.25) is 12.3 Å². The van der Waals surface area contributed by atoms with Gasteiger partial charge < -0.3 is 9.80 Å². The van der Waals surface area contributed by atoms with Crippen LogP contribution in [-0.4, -0.2) is 70.1 Å². The lowest BCUT2D eigenvalue weighted by atomic mass is 9.96. The maximum absolute atomic E-state index is 15.1. The summed E-state index contributed by atoms with van der Waals surface area (Å²) in [4.78, 5) is 45.4. The predicted molar refractivity (Wildman–Crippen MR) is 175 cm³/mol. The maximum atomic E-state index is 15.1. The Balaban J connectivity index is 1.96. The van der Waals surface area contributed by atoms with Gasteiger partial charge in [-0.2, -0.15) is 0 Å². The van der Waals surface area contributed by atoms with E-state index in [1.807, 2.05) is 38.7 Å². The first-order valence-electron chi connectivity index (χ1n) is 14.9. The highest BCUT2D eigenvalue weighted by atomic mass is 35.5. The standard InChI is InChI=1S/C34H40ClFN6O2/c1-8-29(44)40(9-2)24-15-14-23(6)41(19-24)33(37-7)26-18-27(35)31(25-12-10-11-13-28(25)36)39-34(26)42(20-43)32-22(5)16-17-38-30(32)21(3)4/h8,10-13,16-18,20-21,23-24H,1,9,14-15,19H2,2-7H3. The molecule has 0 N–H and O–H groups in total. The molecule has 0 spiro atoms. The van der Waals surface area contributed by atoms with Crippen molar-refractivity contribution in [3.05, 3.63) is 82.9 Å². The maximum Gasteiger partial charge on any atom is 0.246 e. The average Bonchev–Trinajstić information content (AvgIpc) is 3.01. The monoisotopic (exact) mass is 618 g/mol. The van der Waals surface area contributed by atoms with Crippen molar-refractivity contribution in [2.75, 3.05) is 25.0 Å². The Morgan fingerprint density at radius 1 is 1.27 bits per heavy atom. The summed E-state index contributed by atoms with van der Waals surface area (Å²) in [6.45, 7) is 14.7. The number of hydrogen-bond acceptors (Lipinski definition) is 5. The molecule has 44 heavy (non-hydrogen) atoms. The third-order valence-corrected chi connectivity index (χ3v) is 8.47. The largest absolute Gasteiger partial charge is 0.352 e. The molecule has 1 saturated heterocycles. The number of amidine groups is 1. The normalized spacial score (nSPS) is 17.0. The quantitative estimate of drug-likeness (QED) is 0.112. The van der Waals surface area contributed by atoms with Gasteiger partial charge >= 0.3 is 0 Å². The minimum atomic E-state index is -0.484. The Bertz CT molecular complexity index is 1580. The first-order chi connectivity index (χ1) is 21.1. The molecule has 1 fully saturated rings. The molecule has 0 radical (unpaired) electrons. The molecule has 3 aromatic rings. The fourth-order valence-corrected chi connectivity index (χ4v) is 6.19. The number of pyridine rings is 2. The van der Waals surface area contributed by atoms with Crippen LogP contribution in [0.3, 0.4) is 0 Å². The molecule has 2 unspecified atom stereocenters. The van der Waals surface area contributed by atoms with Gasteiger partial charge in [-0.3, -0.25) is 24.5 Å².